The largest absolute Gasteiger partial charge is 0.497 e. The second-order valence-corrected chi connectivity index (χ2v) is 6.22. The molecule has 0 fully saturated rings. The van der Waals surface area contributed by atoms with Gasteiger partial charge in [0.25, 0.3) is 0 Å². The minimum absolute atomic E-state index is 0.0429. The van der Waals surface area contributed by atoms with Gasteiger partial charge >= 0.3 is 6.18 Å². The first kappa shape index (κ1) is 22.2. The number of hydrazone groups is 1. The molecule has 0 aromatic heterocycles. The lowest BCUT2D eigenvalue weighted by Crippen LogP contribution is -2.21. The van der Waals surface area contributed by atoms with E-state index < -0.39 is 23.6 Å². The summed E-state index contributed by atoms with van der Waals surface area (Å²) in [6.45, 7) is 0. The number of carbonyl (C=O) groups is 2. The fourth-order valence-corrected chi connectivity index (χ4v) is 2.36. The van der Waals surface area contributed by atoms with Crippen molar-refractivity contribution < 1.29 is 27.5 Å². The van der Waals surface area contributed by atoms with Crippen molar-refractivity contribution in [1.82, 2.24) is 5.43 Å². The molecule has 0 radical (unpaired) electrons. The molecule has 154 valence electrons. The topological polar surface area (TPSA) is 79.8 Å². The lowest BCUT2D eigenvalue weighted by molar-refractivity contribution is -0.137. The van der Waals surface area contributed by atoms with E-state index in [0.717, 1.165) is 18.2 Å². The zero-order valence-corrected chi connectivity index (χ0v) is 16.0. The number of carbonyl (C=O) groups excluding carboxylic acids is 2. The zero-order chi connectivity index (χ0) is 21.4. The van der Waals surface area contributed by atoms with Gasteiger partial charge in [-0.25, -0.2) is 5.43 Å². The van der Waals surface area contributed by atoms with Gasteiger partial charge in [-0.15, -0.1) is 0 Å². The van der Waals surface area contributed by atoms with Gasteiger partial charge in [0.2, 0.25) is 11.8 Å². The third-order valence-electron chi connectivity index (χ3n) is 3.64. The van der Waals surface area contributed by atoms with E-state index in [1.165, 1.54) is 13.3 Å². The maximum atomic E-state index is 12.7. The number of nitrogens with one attached hydrogen (secondary N) is 2. The van der Waals surface area contributed by atoms with Crippen LogP contribution >= 0.6 is 11.6 Å². The highest BCUT2D eigenvalue weighted by molar-refractivity contribution is 6.33. The Balaban J connectivity index is 1.84. The molecule has 29 heavy (non-hydrogen) atoms. The second kappa shape index (κ2) is 9.92. The van der Waals surface area contributed by atoms with Crippen molar-refractivity contribution in [3.05, 3.63) is 58.6 Å². The number of halogens is 4. The van der Waals surface area contributed by atoms with E-state index in [1.807, 2.05) is 0 Å². The summed E-state index contributed by atoms with van der Waals surface area (Å²) in [5, 5.41) is 6.00. The van der Waals surface area contributed by atoms with Crippen molar-refractivity contribution >= 4 is 35.3 Å². The Morgan fingerprint density at radius 2 is 1.86 bits per heavy atom. The molecule has 2 aromatic carbocycles. The van der Waals surface area contributed by atoms with Crippen LogP contribution in [0.25, 0.3) is 0 Å². The number of alkyl halides is 3. The smallest absolute Gasteiger partial charge is 0.416 e. The number of hydrogen-bond acceptors (Lipinski definition) is 4. The van der Waals surface area contributed by atoms with Crippen molar-refractivity contribution in [2.24, 2.45) is 5.10 Å². The number of amides is 2. The normalized spacial score (nSPS) is 11.3. The van der Waals surface area contributed by atoms with Crippen LogP contribution in [0, 0.1) is 0 Å². The van der Waals surface area contributed by atoms with Gasteiger partial charge in [0.05, 0.1) is 29.6 Å². The number of ether oxygens (including phenoxy) is 1. The summed E-state index contributed by atoms with van der Waals surface area (Å²) in [7, 11) is 1.52. The minimum atomic E-state index is -4.56. The average molecular weight is 428 g/mol. The van der Waals surface area contributed by atoms with Crippen LogP contribution < -0.4 is 15.5 Å². The minimum Gasteiger partial charge on any atom is -0.497 e. The van der Waals surface area contributed by atoms with Crippen LogP contribution in [0.4, 0.5) is 18.9 Å². The monoisotopic (exact) mass is 427 g/mol. The Kier molecular flexibility index (Phi) is 7.60. The van der Waals surface area contributed by atoms with E-state index in [2.05, 4.69) is 15.8 Å². The molecule has 0 aliphatic rings. The van der Waals surface area contributed by atoms with Gasteiger partial charge in [0, 0.05) is 12.8 Å². The predicted molar refractivity (Wildman–Crippen MR) is 103 cm³/mol. The molecule has 2 amide bonds. The molecule has 0 saturated carbocycles. The molecule has 0 heterocycles. The lowest BCUT2D eigenvalue weighted by atomic mass is 10.2. The number of rotatable bonds is 7. The number of anilines is 1. The molecule has 0 unspecified atom stereocenters. The van der Waals surface area contributed by atoms with E-state index in [1.54, 1.807) is 24.3 Å². The molecule has 2 rings (SSSR count). The predicted octanol–water partition coefficient (Wildman–Crippen LogP) is 4.24. The zero-order valence-electron chi connectivity index (χ0n) is 15.2. The molecule has 0 saturated heterocycles. The molecule has 2 N–H and O–H groups in total. The van der Waals surface area contributed by atoms with Crippen molar-refractivity contribution in [3.63, 3.8) is 0 Å². The standard InChI is InChI=1S/C19H17ClF3N3O3/c1-29-14-4-2-3-12(9-14)11-24-26-18(28)8-7-17(27)25-16-10-13(19(21,22)23)5-6-15(16)20/h2-6,9-11H,7-8H2,1H3,(H,25,27)(H,26,28). The number of benzene rings is 2. The summed E-state index contributed by atoms with van der Waals surface area (Å²) < 4.78 is 43.3. The quantitative estimate of drug-likeness (QED) is 0.512. The summed E-state index contributed by atoms with van der Waals surface area (Å²) in [5.41, 5.74) is 1.84. The Hall–Kier alpha value is -3.07. The summed E-state index contributed by atoms with van der Waals surface area (Å²) in [4.78, 5) is 23.7. The molecule has 0 bridgehead atoms. The van der Waals surface area contributed by atoms with Gasteiger partial charge in [0.15, 0.2) is 0 Å². The van der Waals surface area contributed by atoms with Crippen LogP contribution in [0.15, 0.2) is 47.6 Å². The van der Waals surface area contributed by atoms with Crippen molar-refractivity contribution in [3.8, 4) is 5.75 Å². The lowest BCUT2D eigenvalue weighted by Gasteiger charge is -2.11. The first-order chi connectivity index (χ1) is 13.7. The summed E-state index contributed by atoms with van der Waals surface area (Å²) in [6, 6.07) is 9.56. The van der Waals surface area contributed by atoms with Crippen LogP contribution in [-0.4, -0.2) is 25.1 Å². The highest BCUT2D eigenvalue weighted by Gasteiger charge is 2.31. The van der Waals surface area contributed by atoms with Crippen LogP contribution in [0.1, 0.15) is 24.0 Å². The molecule has 10 heteroatoms. The summed E-state index contributed by atoms with van der Waals surface area (Å²) in [5.74, 6) is -0.558. The van der Waals surface area contributed by atoms with Crippen molar-refractivity contribution in [2.45, 2.75) is 19.0 Å². The molecule has 0 aliphatic heterocycles. The van der Waals surface area contributed by atoms with Gasteiger partial charge in [-0.2, -0.15) is 18.3 Å². The van der Waals surface area contributed by atoms with E-state index in [9.17, 15) is 22.8 Å². The van der Waals surface area contributed by atoms with Gasteiger partial charge in [-0.1, -0.05) is 23.7 Å². The third kappa shape index (κ3) is 7.11. The Labute approximate surface area is 169 Å². The average Bonchev–Trinajstić information content (AvgIpc) is 2.67. The fourth-order valence-electron chi connectivity index (χ4n) is 2.19. The molecule has 0 aliphatic carbocycles. The Morgan fingerprint density at radius 3 is 2.55 bits per heavy atom. The van der Waals surface area contributed by atoms with Gasteiger partial charge in [-0.05, 0) is 35.9 Å². The fraction of sp³-hybridized carbons (Fsp3) is 0.211. The first-order valence-corrected chi connectivity index (χ1v) is 8.69. The van der Waals surface area contributed by atoms with Crippen LogP contribution in [0.2, 0.25) is 5.02 Å². The number of nitrogens with zero attached hydrogens (tertiary/aromatic N) is 1. The second-order valence-electron chi connectivity index (χ2n) is 5.81. The van der Waals surface area contributed by atoms with Crippen LogP contribution in [-0.2, 0) is 15.8 Å². The van der Waals surface area contributed by atoms with Gasteiger partial charge in [0.1, 0.15) is 5.75 Å². The van der Waals surface area contributed by atoms with E-state index in [0.29, 0.717) is 11.3 Å². The van der Waals surface area contributed by atoms with Crippen molar-refractivity contribution in [2.75, 3.05) is 12.4 Å². The number of hydrogen-bond donors (Lipinski definition) is 2. The van der Waals surface area contributed by atoms with E-state index >= 15 is 0 Å². The molecular formula is C19H17ClF3N3O3. The molecule has 0 atom stereocenters. The first-order valence-electron chi connectivity index (χ1n) is 8.31. The van der Waals surface area contributed by atoms with E-state index in [4.69, 9.17) is 16.3 Å². The molecule has 0 spiro atoms. The molecule has 6 nitrogen and oxygen atoms in total. The Bertz CT molecular complexity index is 917. The van der Waals surface area contributed by atoms with E-state index in [-0.39, 0.29) is 23.6 Å². The molecule has 2 aromatic rings. The highest BCUT2D eigenvalue weighted by Crippen LogP contribution is 2.33. The van der Waals surface area contributed by atoms with Crippen LogP contribution in [0.3, 0.4) is 0 Å². The highest BCUT2D eigenvalue weighted by atomic mass is 35.5. The Morgan fingerprint density at radius 1 is 1.14 bits per heavy atom. The maximum Gasteiger partial charge on any atom is 0.416 e. The SMILES string of the molecule is COc1cccc(C=NNC(=O)CCC(=O)Nc2cc(C(F)(F)F)ccc2Cl)c1. The molecular weight excluding hydrogens is 411 g/mol. The maximum absolute atomic E-state index is 12.7. The summed E-state index contributed by atoms with van der Waals surface area (Å²) >= 11 is 5.81. The third-order valence-corrected chi connectivity index (χ3v) is 3.97. The van der Waals surface area contributed by atoms with Crippen molar-refractivity contribution in [1.29, 1.82) is 0 Å². The van der Waals surface area contributed by atoms with Crippen LogP contribution in [0.5, 0.6) is 5.75 Å². The van der Waals surface area contributed by atoms with Gasteiger partial charge < -0.3 is 10.1 Å². The summed E-state index contributed by atoms with van der Waals surface area (Å²) in [6.07, 6.45) is -3.63. The number of methoxy groups -OCH3 is 1. The van der Waals surface area contributed by atoms with Gasteiger partial charge in [-0.3, -0.25) is 9.59 Å².